The van der Waals surface area contributed by atoms with E-state index in [1.54, 1.807) is 6.07 Å². The second-order valence-electron chi connectivity index (χ2n) is 5.98. The first kappa shape index (κ1) is 14.8. The monoisotopic (exact) mass is 303 g/mol. The molecular weight excluding hydrogens is 282 g/mol. The van der Waals surface area contributed by atoms with E-state index in [0.717, 1.165) is 37.4 Å². The molecule has 0 unspecified atom stereocenters. The lowest BCUT2D eigenvalue weighted by Gasteiger charge is -2.27. The number of carbonyl (C=O) groups is 1. The summed E-state index contributed by atoms with van der Waals surface area (Å²) in [6.07, 6.45) is 6.01. The number of fused-ring (bicyclic) bond motifs is 1. The Labute approximate surface area is 129 Å². The van der Waals surface area contributed by atoms with Crippen LogP contribution < -0.4 is 5.32 Å². The van der Waals surface area contributed by atoms with Crippen molar-refractivity contribution >= 4 is 11.8 Å². The molecule has 0 fully saturated rings. The topological polar surface area (TPSA) is 76.2 Å². The van der Waals surface area contributed by atoms with Gasteiger partial charge >= 0.3 is 0 Å². The number of hydrogen-bond donors (Lipinski definition) is 1. The van der Waals surface area contributed by atoms with Crippen LogP contribution in [-0.2, 0) is 17.8 Å². The number of imidazole rings is 1. The van der Waals surface area contributed by atoms with Gasteiger partial charge in [0.15, 0.2) is 0 Å². The van der Waals surface area contributed by atoms with Crippen LogP contribution in [0.15, 0.2) is 23.0 Å². The SMILES string of the molecule is Cc1cc(NC(=O)CN(C)C[C@H]2CCc3nccn3C2)on1. The standard InChI is InChI=1S/C15H21N5O2/c1-11-7-15(22-18-11)17-14(21)10-19(2)8-12-3-4-13-16-5-6-20(13)9-12/h5-7,12H,3-4,8-10H2,1-2H3,(H,17,21)/t12-/m1/s1. The summed E-state index contributed by atoms with van der Waals surface area (Å²) in [7, 11) is 1.97. The third-order valence-corrected chi connectivity index (χ3v) is 3.91. The zero-order valence-corrected chi connectivity index (χ0v) is 13.0. The number of nitrogens with zero attached hydrogens (tertiary/aromatic N) is 4. The molecule has 0 aliphatic carbocycles. The molecule has 7 heteroatoms. The summed E-state index contributed by atoms with van der Waals surface area (Å²) in [6, 6.07) is 1.71. The van der Waals surface area contributed by atoms with Gasteiger partial charge in [-0.1, -0.05) is 5.16 Å². The van der Waals surface area contributed by atoms with Crippen molar-refractivity contribution < 1.29 is 9.32 Å². The van der Waals surface area contributed by atoms with Gasteiger partial charge < -0.3 is 9.09 Å². The Morgan fingerprint density at radius 1 is 1.59 bits per heavy atom. The molecule has 0 saturated heterocycles. The zero-order chi connectivity index (χ0) is 15.5. The fourth-order valence-corrected chi connectivity index (χ4v) is 2.94. The fraction of sp³-hybridized carbons (Fsp3) is 0.533. The van der Waals surface area contributed by atoms with E-state index in [2.05, 4.69) is 20.0 Å². The predicted octanol–water partition coefficient (Wildman–Crippen LogP) is 1.31. The molecule has 22 heavy (non-hydrogen) atoms. The molecule has 2 aromatic heterocycles. The maximum Gasteiger partial charge on any atom is 0.240 e. The van der Waals surface area contributed by atoms with Gasteiger partial charge in [-0.3, -0.25) is 15.0 Å². The van der Waals surface area contributed by atoms with E-state index in [1.165, 1.54) is 0 Å². The Kier molecular flexibility index (Phi) is 4.24. The Bertz CT molecular complexity index is 648. The minimum Gasteiger partial charge on any atom is -0.338 e. The van der Waals surface area contributed by atoms with Crippen LogP contribution in [0.25, 0.3) is 0 Å². The summed E-state index contributed by atoms with van der Waals surface area (Å²) in [5, 5.41) is 6.46. The molecule has 1 N–H and O–H groups in total. The van der Waals surface area contributed by atoms with Gasteiger partial charge in [0.2, 0.25) is 11.8 Å². The van der Waals surface area contributed by atoms with Crippen LogP contribution in [0, 0.1) is 12.8 Å². The number of carbonyl (C=O) groups excluding carboxylic acids is 1. The van der Waals surface area contributed by atoms with Gasteiger partial charge in [-0.15, -0.1) is 0 Å². The number of aromatic nitrogens is 3. The average molecular weight is 303 g/mol. The molecular formula is C15H21N5O2. The van der Waals surface area contributed by atoms with Crippen molar-refractivity contribution in [1.29, 1.82) is 0 Å². The maximum atomic E-state index is 12.0. The van der Waals surface area contributed by atoms with Gasteiger partial charge in [0.05, 0.1) is 12.2 Å². The van der Waals surface area contributed by atoms with Crippen molar-refractivity contribution in [3.05, 3.63) is 30.0 Å². The Morgan fingerprint density at radius 3 is 3.23 bits per heavy atom. The molecule has 1 atom stereocenters. The molecule has 0 saturated carbocycles. The first-order chi connectivity index (χ1) is 10.6. The molecule has 3 heterocycles. The summed E-state index contributed by atoms with van der Waals surface area (Å²) in [5.74, 6) is 2.03. The van der Waals surface area contributed by atoms with Gasteiger partial charge in [-0.2, -0.15) is 0 Å². The molecule has 118 valence electrons. The van der Waals surface area contributed by atoms with E-state index in [0.29, 0.717) is 18.3 Å². The van der Waals surface area contributed by atoms with Crippen LogP contribution >= 0.6 is 0 Å². The van der Waals surface area contributed by atoms with E-state index in [9.17, 15) is 4.79 Å². The number of rotatable bonds is 5. The molecule has 0 bridgehead atoms. The number of amides is 1. The van der Waals surface area contributed by atoms with E-state index < -0.39 is 0 Å². The zero-order valence-electron chi connectivity index (χ0n) is 13.0. The lowest BCUT2D eigenvalue weighted by molar-refractivity contribution is -0.117. The highest BCUT2D eigenvalue weighted by molar-refractivity contribution is 5.90. The lowest BCUT2D eigenvalue weighted by Crippen LogP contribution is -2.36. The first-order valence-corrected chi connectivity index (χ1v) is 7.52. The summed E-state index contributed by atoms with van der Waals surface area (Å²) >= 11 is 0. The van der Waals surface area contributed by atoms with Gasteiger partial charge in [0.1, 0.15) is 5.82 Å². The van der Waals surface area contributed by atoms with Crippen LogP contribution in [0.3, 0.4) is 0 Å². The Morgan fingerprint density at radius 2 is 2.45 bits per heavy atom. The predicted molar refractivity (Wildman–Crippen MR) is 81.4 cm³/mol. The molecule has 0 spiro atoms. The highest BCUT2D eigenvalue weighted by Crippen LogP contribution is 2.19. The summed E-state index contributed by atoms with van der Waals surface area (Å²) in [6.45, 7) is 4.02. The maximum absolute atomic E-state index is 12.0. The largest absolute Gasteiger partial charge is 0.338 e. The minimum absolute atomic E-state index is 0.0854. The summed E-state index contributed by atoms with van der Waals surface area (Å²) < 4.78 is 7.19. The fourth-order valence-electron chi connectivity index (χ4n) is 2.94. The van der Waals surface area contributed by atoms with Gasteiger partial charge in [0, 0.05) is 38.0 Å². The van der Waals surface area contributed by atoms with Crippen LogP contribution in [0.5, 0.6) is 0 Å². The van der Waals surface area contributed by atoms with Gasteiger partial charge in [0.25, 0.3) is 0 Å². The molecule has 1 aliphatic rings. The quantitative estimate of drug-likeness (QED) is 0.901. The number of aryl methyl sites for hydroxylation is 2. The lowest BCUT2D eigenvalue weighted by atomic mass is 9.99. The Hall–Kier alpha value is -2.15. The molecule has 1 amide bonds. The molecule has 3 rings (SSSR count). The van der Waals surface area contributed by atoms with Crippen molar-refractivity contribution in [2.24, 2.45) is 5.92 Å². The normalized spacial score (nSPS) is 17.5. The Balaban J connectivity index is 1.46. The van der Waals surface area contributed by atoms with Gasteiger partial charge in [-0.25, -0.2) is 4.98 Å². The summed E-state index contributed by atoms with van der Waals surface area (Å²) in [5.41, 5.74) is 0.752. The summed E-state index contributed by atoms with van der Waals surface area (Å²) in [4.78, 5) is 18.4. The van der Waals surface area contributed by atoms with Crippen molar-refractivity contribution in [1.82, 2.24) is 19.6 Å². The van der Waals surface area contributed by atoms with E-state index in [4.69, 9.17) is 4.52 Å². The third kappa shape index (κ3) is 3.54. The van der Waals surface area contributed by atoms with Crippen molar-refractivity contribution in [2.45, 2.75) is 26.3 Å². The molecule has 0 aromatic carbocycles. The van der Waals surface area contributed by atoms with Crippen LogP contribution in [0.1, 0.15) is 17.9 Å². The smallest absolute Gasteiger partial charge is 0.240 e. The number of anilines is 1. The number of nitrogens with one attached hydrogen (secondary N) is 1. The molecule has 2 aromatic rings. The van der Waals surface area contributed by atoms with E-state index in [1.807, 2.05) is 31.3 Å². The second-order valence-corrected chi connectivity index (χ2v) is 5.98. The van der Waals surface area contributed by atoms with Gasteiger partial charge in [-0.05, 0) is 26.3 Å². The first-order valence-electron chi connectivity index (χ1n) is 7.52. The number of hydrogen-bond acceptors (Lipinski definition) is 5. The minimum atomic E-state index is -0.0854. The highest BCUT2D eigenvalue weighted by atomic mass is 16.5. The average Bonchev–Trinajstić information content (AvgIpc) is 3.06. The van der Waals surface area contributed by atoms with E-state index in [-0.39, 0.29) is 5.91 Å². The highest BCUT2D eigenvalue weighted by Gasteiger charge is 2.21. The second kappa shape index (κ2) is 6.31. The molecule has 1 aliphatic heterocycles. The van der Waals surface area contributed by atoms with Crippen molar-refractivity contribution in [3.63, 3.8) is 0 Å². The van der Waals surface area contributed by atoms with Crippen LogP contribution in [0.4, 0.5) is 5.88 Å². The number of likely N-dealkylation sites (N-methyl/N-ethyl adjacent to an activating group) is 1. The van der Waals surface area contributed by atoms with Crippen LogP contribution in [-0.4, -0.2) is 45.7 Å². The van der Waals surface area contributed by atoms with Crippen molar-refractivity contribution in [2.75, 3.05) is 25.5 Å². The molecule has 7 nitrogen and oxygen atoms in total. The van der Waals surface area contributed by atoms with Crippen LogP contribution in [0.2, 0.25) is 0 Å². The molecule has 0 radical (unpaired) electrons. The van der Waals surface area contributed by atoms with Crippen molar-refractivity contribution in [3.8, 4) is 0 Å². The van der Waals surface area contributed by atoms with E-state index >= 15 is 0 Å². The third-order valence-electron chi connectivity index (χ3n) is 3.91.